The molecule has 3 rings (SSSR count). The Balaban J connectivity index is 1.63. The first-order valence-corrected chi connectivity index (χ1v) is 10.3. The van der Waals surface area contributed by atoms with Crippen LogP contribution >= 0.6 is 23.8 Å². The van der Waals surface area contributed by atoms with E-state index >= 15 is 0 Å². The number of nitrogens with zero attached hydrogens (tertiary/aromatic N) is 3. The first-order chi connectivity index (χ1) is 14.5. The predicted octanol–water partition coefficient (Wildman–Crippen LogP) is 4.20. The Morgan fingerprint density at radius 3 is 2.63 bits per heavy atom. The summed E-state index contributed by atoms with van der Waals surface area (Å²) in [6.45, 7) is 3.34. The van der Waals surface area contributed by atoms with Crippen LogP contribution < -0.4 is 9.47 Å². The Morgan fingerprint density at radius 1 is 1.20 bits per heavy atom. The summed E-state index contributed by atoms with van der Waals surface area (Å²) in [5.74, 6) is 1.85. The third-order valence-electron chi connectivity index (χ3n) is 4.42. The zero-order chi connectivity index (χ0) is 21.5. The number of carbonyl (C=O) groups excluding carboxylic acids is 1. The molecule has 1 heterocycles. The lowest BCUT2D eigenvalue weighted by Crippen LogP contribution is -2.33. The summed E-state index contributed by atoms with van der Waals surface area (Å²) in [6, 6.07) is 14.7. The molecule has 3 aromatic rings. The van der Waals surface area contributed by atoms with Gasteiger partial charge in [-0.2, -0.15) is 5.10 Å². The number of likely N-dealkylation sites (N-methyl/N-ethyl adjacent to an activating group) is 1. The topological polar surface area (TPSA) is 72.4 Å². The minimum absolute atomic E-state index is 0.0699. The molecule has 0 saturated heterocycles. The maximum Gasteiger partial charge on any atom is 0.242 e. The van der Waals surface area contributed by atoms with Crippen LogP contribution in [0.5, 0.6) is 11.5 Å². The molecule has 0 spiro atoms. The Kier molecular flexibility index (Phi) is 7.48. The van der Waals surface area contributed by atoms with E-state index in [4.69, 9.17) is 33.3 Å². The molecule has 30 heavy (non-hydrogen) atoms. The normalized spacial score (nSPS) is 10.6. The van der Waals surface area contributed by atoms with Crippen molar-refractivity contribution in [2.45, 2.75) is 13.5 Å². The second-order valence-corrected chi connectivity index (χ2v) is 7.28. The monoisotopic (exact) mass is 446 g/mol. The molecule has 158 valence electrons. The van der Waals surface area contributed by atoms with Crippen molar-refractivity contribution in [1.82, 2.24) is 19.7 Å². The summed E-state index contributed by atoms with van der Waals surface area (Å²) in [5.41, 5.74) is 0.836. The van der Waals surface area contributed by atoms with Gasteiger partial charge in [0.2, 0.25) is 5.91 Å². The van der Waals surface area contributed by atoms with Gasteiger partial charge in [0.15, 0.2) is 10.6 Å². The first-order valence-electron chi connectivity index (χ1n) is 9.49. The molecule has 1 amide bonds. The summed E-state index contributed by atoms with van der Waals surface area (Å²) >= 11 is 11.4. The summed E-state index contributed by atoms with van der Waals surface area (Å²) in [7, 11) is 1.72. The third-order valence-corrected chi connectivity index (χ3v) is 5.05. The molecule has 0 aliphatic carbocycles. The minimum Gasteiger partial charge on any atom is -0.494 e. The maximum absolute atomic E-state index is 12.7. The Labute approximate surface area is 185 Å². The molecule has 0 atom stereocenters. The second-order valence-electron chi connectivity index (χ2n) is 6.49. The molecule has 0 bridgehead atoms. The number of carbonyl (C=O) groups is 1. The van der Waals surface area contributed by atoms with E-state index < -0.39 is 0 Å². The van der Waals surface area contributed by atoms with Gasteiger partial charge in [-0.15, -0.1) is 0 Å². The molecule has 0 aliphatic rings. The van der Waals surface area contributed by atoms with E-state index in [-0.39, 0.29) is 12.5 Å². The molecule has 0 unspecified atom stereocenters. The maximum atomic E-state index is 12.7. The average Bonchev–Trinajstić information content (AvgIpc) is 3.10. The number of aromatic nitrogens is 3. The van der Waals surface area contributed by atoms with Crippen LogP contribution in [0.25, 0.3) is 11.4 Å². The van der Waals surface area contributed by atoms with E-state index in [1.165, 1.54) is 0 Å². The number of rotatable bonds is 9. The second kappa shape index (κ2) is 10.3. The van der Waals surface area contributed by atoms with E-state index in [0.29, 0.717) is 41.1 Å². The Hall–Kier alpha value is -2.84. The lowest BCUT2D eigenvalue weighted by Gasteiger charge is -2.18. The summed E-state index contributed by atoms with van der Waals surface area (Å²) < 4.78 is 13.2. The van der Waals surface area contributed by atoms with Crippen molar-refractivity contribution in [3.63, 3.8) is 0 Å². The van der Waals surface area contributed by atoms with Gasteiger partial charge in [-0.1, -0.05) is 23.7 Å². The van der Waals surface area contributed by atoms with Crippen LogP contribution in [-0.4, -0.2) is 52.4 Å². The predicted molar refractivity (Wildman–Crippen MR) is 119 cm³/mol. The lowest BCUT2D eigenvalue weighted by atomic mass is 10.2. The molecule has 0 aliphatic heterocycles. The van der Waals surface area contributed by atoms with E-state index in [1.807, 2.05) is 43.3 Å². The average molecular weight is 447 g/mol. The molecule has 2 aromatic carbocycles. The summed E-state index contributed by atoms with van der Waals surface area (Å²) in [6.07, 6.45) is 0. The highest BCUT2D eigenvalue weighted by molar-refractivity contribution is 7.71. The SMILES string of the molecule is CCOc1ccc(-c2n[nH]c(=S)n2CC(=O)N(C)CCOc2ccccc2Cl)cc1. The number of amides is 1. The molecule has 9 heteroatoms. The van der Waals surface area contributed by atoms with Crippen LogP contribution in [0.15, 0.2) is 48.5 Å². The van der Waals surface area contributed by atoms with Crippen LogP contribution in [0.3, 0.4) is 0 Å². The zero-order valence-corrected chi connectivity index (χ0v) is 18.4. The van der Waals surface area contributed by atoms with Gasteiger partial charge >= 0.3 is 0 Å². The van der Waals surface area contributed by atoms with Crippen molar-refractivity contribution in [2.75, 3.05) is 26.8 Å². The highest BCUT2D eigenvalue weighted by Crippen LogP contribution is 2.23. The molecule has 1 N–H and O–H groups in total. The quantitative estimate of drug-likeness (QED) is 0.499. The number of aromatic amines is 1. The number of benzene rings is 2. The van der Waals surface area contributed by atoms with Gasteiger partial charge in [0.1, 0.15) is 24.7 Å². The van der Waals surface area contributed by atoms with Gasteiger partial charge in [-0.3, -0.25) is 14.5 Å². The molecular weight excluding hydrogens is 424 g/mol. The Bertz CT molecular complexity index is 1050. The molecule has 0 fully saturated rings. The van der Waals surface area contributed by atoms with E-state index in [2.05, 4.69) is 10.2 Å². The molecule has 0 radical (unpaired) electrons. The molecule has 7 nitrogen and oxygen atoms in total. The van der Waals surface area contributed by atoms with Crippen molar-refractivity contribution in [3.8, 4) is 22.9 Å². The van der Waals surface area contributed by atoms with Crippen molar-refractivity contribution >= 4 is 29.7 Å². The number of halogens is 1. The van der Waals surface area contributed by atoms with Crippen LogP contribution in [-0.2, 0) is 11.3 Å². The number of para-hydroxylation sites is 1. The summed E-state index contributed by atoms with van der Waals surface area (Å²) in [4.78, 5) is 14.3. The van der Waals surface area contributed by atoms with Crippen molar-refractivity contribution in [1.29, 1.82) is 0 Å². The standard InChI is InChI=1S/C21H23ClN4O3S/c1-3-28-16-10-8-15(9-11-16)20-23-24-21(30)26(20)14-19(27)25(2)12-13-29-18-7-5-4-6-17(18)22/h4-11H,3,12-14H2,1-2H3,(H,24,30). The lowest BCUT2D eigenvalue weighted by molar-refractivity contribution is -0.130. The molecule has 1 aromatic heterocycles. The van der Waals surface area contributed by atoms with Crippen molar-refractivity contribution < 1.29 is 14.3 Å². The largest absolute Gasteiger partial charge is 0.494 e. The smallest absolute Gasteiger partial charge is 0.242 e. The fourth-order valence-electron chi connectivity index (χ4n) is 2.79. The van der Waals surface area contributed by atoms with Gasteiger partial charge < -0.3 is 14.4 Å². The number of ether oxygens (including phenoxy) is 2. The van der Waals surface area contributed by atoms with Crippen LogP contribution in [0.4, 0.5) is 0 Å². The van der Waals surface area contributed by atoms with Crippen molar-refractivity contribution in [2.24, 2.45) is 0 Å². The number of H-pyrrole nitrogens is 1. The Morgan fingerprint density at radius 2 is 1.93 bits per heavy atom. The van der Waals surface area contributed by atoms with E-state index in [0.717, 1.165) is 11.3 Å². The van der Waals surface area contributed by atoms with Crippen LogP contribution in [0.2, 0.25) is 5.02 Å². The number of nitrogens with one attached hydrogen (secondary N) is 1. The van der Waals surface area contributed by atoms with Gasteiger partial charge in [0.05, 0.1) is 18.2 Å². The molecule has 0 saturated carbocycles. The number of hydrogen-bond acceptors (Lipinski definition) is 5. The minimum atomic E-state index is -0.109. The third kappa shape index (κ3) is 5.40. The highest BCUT2D eigenvalue weighted by Gasteiger charge is 2.15. The molecular formula is C21H23ClN4O3S. The van der Waals surface area contributed by atoms with Gasteiger partial charge in [-0.25, -0.2) is 0 Å². The van der Waals surface area contributed by atoms with E-state index in [9.17, 15) is 4.79 Å². The van der Waals surface area contributed by atoms with Crippen LogP contribution in [0.1, 0.15) is 6.92 Å². The summed E-state index contributed by atoms with van der Waals surface area (Å²) in [5, 5.41) is 7.58. The first kappa shape index (κ1) is 21.9. The van der Waals surface area contributed by atoms with Gasteiger partial charge in [0, 0.05) is 12.6 Å². The fourth-order valence-corrected chi connectivity index (χ4v) is 3.17. The number of hydrogen-bond donors (Lipinski definition) is 1. The van der Waals surface area contributed by atoms with E-state index in [1.54, 1.807) is 28.6 Å². The van der Waals surface area contributed by atoms with Gasteiger partial charge in [0.25, 0.3) is 0 Å². The highest BCUT2D eigenvalue weighted by atomic mass is 35.5. The van der Waals surface area contributed by atoms with Crippen molar-refractivity contribution in [3.05, 3.63) is 58.3 Å². The van der Waals surface area contributed by atoms with Gasteiger partial charge in [-0.05, 0) is 55.5 Å². The fraction of sp³-hybridized carbons (Fsp3) is 0.286. The van der Waals surface area contributed by atoms with Crippen LogP contribution in [0, 0.1) is 4.77 Å². The zero-order valence-electron chi connectivity index (χ0n) is 16.8.